The van der Waals surface area contributed by atoms with Gasteiger partial charge in [-0.3, -0.25) is 4.79 Å². The highest BCUT2D eigenvalue weighted by atomic mass is 16.5. The maximum absolute atomic E-state index is 12.4. The predicted molar refractivity (Wildman–Crippen MR) is 85.1 cm³/mol. The molecule has 0 saturated heterocycles. The number of carbonyl (C=O) groups is 2. The molecule has 2 rings (SSSR count). The van der Waals surface area contributed by atoms with E-state index in [9.17, 15) is 9.59 Å². The molecule has 0 saturated carbocycles. The monoisotopic (exact) mass is 317 g/mol. The van der Waals surface area contributed by atoms with Crippen LogP contribution in [0.5, 0.6) is 5.75 Å². The van der Waals surface area contributed by atoms with Crippen molar-refractivity contribution in [3.63, 3.8) is 0 Å². The molecule has 0 bridgehead atoms. The highest BCUT2D eigenvalue weighted by Gasteiger charge is 2.17. The SMILES string of the molecule is Cc1cc(OCC(=O)O)ccc1NC(=O)c1ccoc1C(C)C. The van der Waals surface area contributed by atoms with Crippen LogP contribution in [0.3, 0.4) is 0 Å². The van der Waals surface area contributed by atoms with Gasteiger partial charge in [-0.15, -0.1) is 0 Å². The molecule has 0 spiro atoms. The van der Waals surface area contributed by atoms with Crippen molar-refractivity contribution in [2.24, 2.45) is 0 Å². The van der Waals surface area contributed by atoms with E-state index < -0.39 is 12.6 Å². The molecule has 0 radical (unpaired) electrons. The molecule has 0 fully saturated rings. The number of nitrogens with one attached hydrogen (secondary N) is 1. The van der Waals surface area contributed by atoms with Crippen LogP contribution >= 0.6 is 0 Å². The summed E-state index contributed by atoms with van der Waals surface area (Å²) in [5.41, 5.74) is 1.91. The van der Waals surface area contributed by atoms with Gasteiger partial charge in [-0.2, -0.15) is 0 Å². The largest absolute Gasteiger partial charge is 0.482 e. The molecule has 122 valence electrons. The summed E-state index contributed by atoms with van der Waals surface area (Å²) in [6.07, 6.45) is 1.50. The van der Waals surface area contributed by atoms with Gasteiger partial charge in [-0.1, -0.05) is 13.8 Å². The van der Waals surface area contributed by atoms with E-state index in [0.717, 1.165) is 5.56 Å². The lowest BCUT2D eigenvalue weighted by molar-refractivity contribution is -0.139. The van der Waals surface area contributed by atoms with Crippen LogP contribution in [0.25, 0.3) is 0 Å². The lowest BCUT2D eigenvalue weighted by atomic mass is 10.1. The van der Waals surface area contributed by atoms with Crippen LogP contribution < -0.4 is 10.1 Å². The Morgan fingerprint density at radius 2 is 2.04 bits per heavy atom. The van der Waals surface area contributed by atoms with Crippen molar-refractivity contribution < 1.29 is 23.8 Å². The van der Waals surface area contributed by atoms with Gasteiger partial charge < -0.3 is 19.6 Å². The van der Waals surface area contributed by atoms with Crippen LogP contribution in [0.1, 0.15) is 41.4 Å². The number of hydrogen-bond acceptors (Lipinski definition) is 4. The van der Waals surface area contributed by atoms with Crippen LogP contribution in [-0.4, -0.2) is 23.6 Å². The summed E-state index contributed by atoms with van der Waals surface area (Å²) in [7, 11) is 0. The molecular formula is C17H19NO5. The van der Waals surface area contributed by atoms with E-state index in [1.807, 2.05) is 20.8 Å². The van der Waals surface area contributed by atoms with Crippen LogP contribution in [0.15, 0.2) is 34.9 Å². The summed E-state index contributed by atoms with van der Waals surface area (Å²) < 4.78 is 10.5. The Balaban J connectivity index is 2.12. The smallest absolute Gasteiger partial charge is 0.341 e. The topological polar surface area (TPSA) is 88.8 Å². The number of carboxylic acid groups (broad SMARTS) is 1. The molecule has 23 heavy (non-hydrogen) atoms. The second-order valence-corrected chi connectivity index (χ2v) is 5.47. The molecule has 6 heteroatoms. The van der Waals surface area contributed by atoms with Crippen molar-refractivity contribution in [1.29, 1.82) is 0 Å². The molecule has 6 nitrogen and oxygen atoms in total. The van der Waals surface area contributed by atoms with Gasteiger partial charge in [0.25, 0.3) is 5.91 Å². The van der Waals surface area contributed by atoms with E-state index in [1.54, 1.807) is 24.3 Å². The second-order valence-electron chi connectivity index (χ2n) is 5.47. The zero-order chi connectivity index (χ0) is 17.0. The van der Waals surface area contributed by atoms with Crippen molar-refractivity contribution in [2.45, 2.75) is 26.7 Å². The number of aliphatic carboxylic acids is 1. The van der Waals surface area contributed by atoms with Gasteiger partial charge in [-0.05, 0) is 36.8 Å². The van der Waals surface area contributed by atoms with Gasteiger partial charge in [0.05, 0.1) is 11.8 Å². The van der Waals surface area contributed by atoms with Crippen molar-refractivity contribution in [1.82, 2.24) is 0 Å². The molecule has 2 N–H and O–H groups in total. The normalized spacial score (nSPS) is 10.6. The van der Waals surface area contributed by atoms with Crippen LogP contribution in [0.4, 0.5) is 5.69 Å². The first kappa shape index (κ1) is 16.6. The number of carboxylic acids is 1. The first-order valence-corrected chi connectivity index (χ1v) is 7.22. The quantitative estimate of drug-likeness (QED) is 0.852. The molecule has 1 aromatic heterocycles. The summed E-state index contributed by atoms with van der Waals surface area (Å²) in [6.45, 7) is 5.31. The molecule has 2 aromatic rings. The number of carbonyl (C=O) groups excluding carboxylic acids is 1. The summed E-state index contributed by atoms with van der Waals surface area (Å²) in [4.78, 5) is 22.9. The van der Waals surface area contributed by atoms with Crippen LogP contribution in [0.2, 0.25) is 0 Å². The van der Waals surface area contributed by atoms with E-state index in [0.29, 0.717) is 22.8 Å². The lowest BCUT2D eigenvalue weighted by Gasteiger charge is -2.11. The minimum absolute atomic E-state index is 0.110. The minimum Gasteiger partial charge on any atom is -0.482 e. The number of aryl methyl sites for hydroxylation is 1. The number of benzene rings is 1. The van der Waals surface area contributed by atoms with Gasteiger partial charge in [0.15, 0.2) is 6.61 Å². The number of anilines is 1. The molecule has 1 amide bonds. The van der Waals surface area contributed by atoms with Gasteiger partial charge in [0.1, 0.15) is 11.5 Å². The molecule has 0 aliphatic carbocycles. The lowest BCUT2D eigenvalue weighted by Crippen LogP contribution is -2.14. The first-order valence-electron chi connectivity index (χ1n) is 7.22. The summed E-state index contributed by atoms with van der Waals surface area (Å²) in [5, 5.41) is 11.4. The predicted octanol–water partition coefficient (Wildman–Crippen LogP) is 3.43. The van der Waals surface area contributed by atoms with Gasteiger partial charge in [0.2, 0.25) is 0 Å². The number of furan rings is 1. The van der Waals surface area contributed by atoms with Crippen molar-refractivity contribution >= 4 is 17.6 Å². The number of hydrogen-bond donors (Lipinski definition) is 2. The van der Waals surface area contributed by atoms with Crippen LogP contribution in [-0.2, 0) is 4.79 Å². The zero-order valence-electron chi connectivity index (χ0n) is 13.3. The minimum atomic E-state index is -1.04. The summed E-state index contributed by atoms with van der Waals surface area (Å²) in [5.74, 6) is -0.0970. The highest BCUT2D eigenvalue weighted by Crippen LogP contribution is 2.24. The first-order chi connectivity index (χ1) is 10.9. The van der Waals surface area contributed by atoms with Crippen molar-refractivity contribution in [3.8, 4) is 5.75 Å². The Morgan fingerprint density at radius 1 is 1.30 bits per heavy atom. The van der Waals surface area contributed by atoms with Gasteiger partial charge in [0, 0.05) is 11.6 Å². The second kappa shape index (κ2) is 7.00. The average molecular weight is 317 g/mol. The Labute approximate surface area is 134 Å². The number of ether oxygens (including phenoxy) is 1. The fourth-order valence-electron chi connectivity index (χ4n) is 2.16. The van der Waals surface area contributed by atoms with Crippen molar-refractivity contribution in [2.75, 3.05) is 11.9 Å². The molecule has 0 unspecified atom stereocenters. The molecule has 1 aromatic carbocycles. The number of amides is 1. The molecule has 0 atom stereocenters. The third kappa shape index (κ3) is 4.12. The third-order valence-corrected chi connectivity index (χ3v) is 3.27. The maximum Gasteiger partial charge on any atom is 0.341 e. The van der Waals surface area contributed by atoms with Gasteiger partial charge in [-0.25, -0.2) is 4.79 Å². The highest BCUT2D eigenvalue weighted by molar-refractivity contribution is 6.05. The summed E-state index contributed by atoms with van der Waals surface area (Å²) in [6, 6.07) is 6.62. The van der Waals surface area contributed by atoms with E-state index >= 15 is 0 Å². The van der Waals surface area contributed by atoms with E-state index in [2.05, 4.69) is 5.32 Å². The van der Waals surface area contributed by atoms with Gasteiger partial charge >= 0.3 is 5.97 Å². The fraction of sp³-hybridized carbons (Fsp3) is 0.294. The fourth-order valence-corrected chi connectivity index (χ4v) is 2.16. The maximum atomic E-state index is 12.4. The number of rotatable bonds is 6. The molecule has 0 aliphatic heterocycles. The summed E-state index contributed by atoms with van der Waals surface area (Å²) >= 11 is 0. The standard InChI is InChI=1S/C17H19NO5/c1-10(2)16-13(6-7-22-16)17(21)18-14-5-4-12(8-11(14)3)23-9-15(19)20/h4-8,10H,9H2,1-3H3,(H,18,21)(H,19,20). The van der Waals surface area contributed by atoms with E-state index in [1.165, 1.54) is 6.26 Å². The van der Waals surface area contributed by atoms with E-state index in [-0.39, 0.29) is 11.8 Å². The Bertz CT molecular complexity index is 718. The Hall–Kier alpha value is -2.76. The Kier molecular flexibility index (Phi) is 5.05. The average Bonchev–Trinajstić information content (AvgIpc) is 2.97. The van der Waals surface area contributed by atoms with Crippen LogP contribution in [0, 0.1) is 6.92 Å². The van der Waals surface area contributed by atoms with Crippen molar-refractivity contribution in [3.05, 3.63) is 47.4 Å². The Morgan fingerprint density at radius 3 is 2.65 bits per heavy atom. The third-order valence-electron chi connectivity index (χ3n) is 3.27. The molecule has 1 heterocycles. The molecule has 0 aliphatic rings. The molecular weight excluding hydrogens is 298 g/mol. The van der Waals surface area contributed by atoms with E-state index in [4.69, 9.17) is 14.3 Å². The zero-order valence-corrected chi connectivity index (χ0v) is 13.3.